The van der Waals surface area contributed by atoms with Crippen LogP contribution in [0.5, 0.6) is 0 Å². The number of aromatic carboxylic acids is 1. The Morgan fingerprint density at radius 3 is 2.36 bits per heavy atom. The van der Waals surface area contributed by atoms with Gasteiger partial charge in [-0.2, -0.15) is 18.2 Å². The minimum absolute atomic E-state index is 0.125. The number of hydrogen-bond donors (Lipinski definition) is 4. The molecule has 0 aromatic heterocycles. The number of aliphatic imine (C=N–C) groups is 1. The number of benzene rings is 4. The van der Waals surface area contributed by atoms with Crippen LogP contribution in [0.1, 0.15) is 61.5 Å². The molecule has 0 atom stereocenters. The molecule has 50 heavy (non-hydrogen) atoms. The zero-order valence-electron chi connectivity index (χ0n) is 26.7. The third-order valence-corrected chi connectivity index (χ3v) is 8.91. The number of nitrogens with two attached hydrogens (primary N) is 1. The van der Waals surface area contributed by atoms with Gasteiger partial charge in [0.05, 0.1) is 22.4 Å². The zero-order valence-corrected chi connectivity index (χ0v) is 27.6. The number of anilines is 3. The van der Waals surface area contributed by atoms with Crippen LogP contribution in [0, 0.1) is 0 Å². The summed E-state index contributed by atoms with van der Waals surface area (Å²) >= 11 is 1.50. The van der Waals surface area contributed by atoms with Crippen LogP contribution >= 0.6 is 11.8 Å². The number of carboxylic acid groups (broad SMARTS) is 1. The predicted octanol–water partition coefficient (Wildman–Crippen LogP) is 8.06. The first-order chi connectivity index (χ1) is 24.0. The summed E-state index contributed by atoms with van der Waals surface area (Å²) in [4.78, 5) is 45.1. The van der Waals surface area contributed by atoms with Gasteiger partial charge in [0, 0.05) is 46.9 Å². The number of carbonyl (C=O) groups is 3. The molecule has 1 saturated heterocycles. The fourth-order valence-electron chi connectivity index (χ4n) is 5.25. The average Bonchev–Trinajstić information content (AvgIpc) is 3.11. The van der Waals surface area contributed by atoms with E-state index in [1.165, 1.54) is 48.3 Å². The van der Waals surface area contributed by atoms with Crippen LogP contribution in [0.3, 0.4) is 0 Å². The lowest BCUT2D eigenvalue weighted by atomic mass is 10.1. The summed E-state index contributed by atoms with van der Waals surface area (Å²) in [6.07, 6.45) is 1.19. The van der Waals surface area contributed by atoms with Crippen molar-refractivity contribution < 1.29 is 32.7 Å². The summed E-state index contributed by atoms with van der Waals surface area (Å²) in [5, 5.41) is 14.7. The van der Waals surface area contributed by atoms with Gasteiger partial charge in [-0.15, -0.1) is 11.8 Å². The number of carboxylic acids is 1. The van der Waals surface area contributed by atoms with Crippen molar-refractivity contribution in [2.24, 2.45) is 10.7 Å². The summed E-state index contributed by atoms with van der Waals surface area (Å²) in [7, 11) is 0. The van der Waals surface area contributed by atoms with E-state index in [0.29, 0.717) is 11.3 Å². The predicted molar refractivity (Wildman–Crippen MR) is 190 cm³/mol. The molecule has 0 aliphatic carbocycles. The van der Waals surface area contributed by atoms with Crippen molar-refractivity contribution >= 4 is 52.4 Å². The summed E-state index contributed by atoms with van der Waals surface area (Å²) in [6, 6.07) is 23.4. The number of hydrogen-bond acceptors (Lipinski definition) is 6. The highest BCUT2D eigenvalue weighted by atomic mass is 32.2. The molecule has 0 spiro atoms. The van der Waals surface area contributed by atoms with E-state index in [0.717, 1.165) is 60.6 Å². The minimum Gasteiger partial charge on any atom is -0.478 e. The third-order valence-electron chi connectivity index (χ3n) is 7.82. The van der Waals surface area contributed by atoms with Crippen molar-refractivity contribution in [1.29, 1.82) is 0 Å². The van der Waals surface area contributed by atoms with Crippen molar-refractivity contribution in [3.63, 3.8) is 0 Å². The second-order valence-electron chi connectivity index (χ2n) is 11.4. The lowest BCUT2D eigenvalue weighted by Gasteiger charge is -2.29. The zero-order chi connectivity index (χ0) is 35.7. The number of alkyl halides is 3. The molecule has 0 unspecified atom stereocenters. The molecular weight excluding hydrogens is 667 g/mol. The first-order valence-electron chi connectivity index (χ1n) is 15.7. The molecule has 9 nitrogen and oxygen atoms in total. The molecule has 13 heteroatoms. The number of nitrogens with one attached hydrogen (secondary N) is 2. The lowest BCUT2D eigenvalue weighted by Crippen LogP contribution is -2.29. The molecule has 4 aromatic rings. The largest absolute Gasteiger partial charge is 0.478 e. The van der Waals surface area contributed by atoms with Crippen molar-refractivity contribution in [1.82, 2.24) is 0 Å². The molecule has 1 aliphatic rings. The second-order valence-corrected chi connectivity index (χ2v) is 12.5. The topological polar surface area (TPSA) is 137 Å². The molecule has 5 N–H and O–H groups in total. The van der Waals surface area contributed by atoms with E-state index in [9.17, 15) is 27.6 Å². The van der Waals surface area contributed by atoms with Crippen LogP contribution < -0.4 is 21.3 Å². The number of piperidine rings is 1. The van der Waals surface area contributed by atoms with Gasteiger partial charge in [-0.1, -0.05) is 18.2 Å². The third kappa shape index (κ3) is 9.75. The molecule has 1 heterocycles. The van der Waals surface area contributed by atoms with Crippen molar-refractivity contribution in [2.75, 3.05) is 28.6 Å². The average molecular weight is 702 g/mol. The Labute approximate surface area is 291 Å². The van der Waals surface area contributed by atoms with Crippen LogP contribution in [0.15, 0.2) is 113 Å². The SMILES string of the molecule is NC(/C=C\Nc1cccc(C(F)(F)F)c1)=NC(=O)c1cc(N2CCCCC2)ccc1NC(=O)c1cccc(CSc2ccc(C(=O)O)cc2)c1. The van der Waals surface area contributed by atoms with E-state index in [4.69, 9.17) is 10.8 Å². The van der Waals surface area contributed by atoms with Crippen molar-refractivity contribution in [3.05, 3.63) is 131 Å². The highest BCUT2D eigenvalue weighted by molar-refractivity contribution is 7.98. The molecule has 2 amide bonds. The normalized spacial score (nSPS) is 13.7. The van der Waals surface area contributed by atoms with Gasteiger partial charge in [-0.3, -0.25) is 9.59 Å². The molecule has 5 rings (SSSR count). The summed E-state index contributed by atoms with van der Waals surface area (Å²) in [6.45, 7) is 1.65. The second kappa shape index (κ2) is 16.2. The van der Waals surface area contributed by atoms with E-state index in [1.54, 1.807) is 42.5 Å². The number of carbonyl (C=O) groups excluding carboxylic acids is 2. The van der Waals surface area contributed by atoms with E-state index < -0.39 is 29.5 Å². The van der Waals surface area contributed by atoms with Gasteiger partial charge in [0.2, 0.25) is 0 Å². The van der Waals surface area contributed by atoms with Gasteiger partial charge in [-0.25, -0.2) is 4.79 Å². The van der Waals surface area contributed by atoms with E-state index in [1.807, 2.05) is 12.1 Å². The maximum atomic E-state index is 13.5. The fraction of sp³-hybridized carbons (Fsp3) is 0.189. The molecule has 0 saturated carbocycles. The Balaban J connectivity index is 1.31. The van der Waals surface area contributed by atoms with Gasteiger partial charge in [0.1, 0.15) is 5.84 Å². The number of amides is 2. The van der Waals surface area contributed by atoms with E-state index in [-0.39, 0.29) is 28.3 Å². The Kier molecular flexibility index (Phi) is 11.6. The summed E-state index contributed by atoms with van der Waals surface area (Å²) in [5.41, 5.74) is 7.96. The Bertz CT molecular complexity index is 1920. The van der Waals surface area contributed by atoms with Crippen LogP contribution in [0.2, 0.25) is 0 Å². The van der Waals surface area contributed by atoms with Gasteiger partial charge >= 0.3 is 12.1 Å². The lowest BCUT2D eigenvalue weighted by molar-refractivity contribution is -0.137. The Hall–Kier alpha value is -5.56. The van der Waals surface area contributed by atoms with Gasteiger partial charge in [-0.05, 0) is 104 Å². The highest BCUT2D eigenvalue weighted by Crippen LogP contribution is 2.31. The number of halogens is 3. The summed E-state index contributed by atoms with van der Waals surface area (Å²) < 4.78 is 39.1. The number of nitrogens with zero attached hydrogens (tertiary/aromatic N) is 2. The van der Waals surface area contributed by atoms with Gasteiger partial charge in [0.15, 0.2) is 0 Å². The standard InChI is InChI=1S/C37H34F3N5O4S/c38-37(39,40)27-8-5-9-28(21-27)42-17-16-33(41)44-35(47)31-22-29(45-18-2-1-3-19-45)12-15-32(31)43-34(46)26-7-4-6-24(20-26)23-50-30-13-10-25(11-14-30)36(48)49/h4-17,20-22,42H,1-3,18-19,23H2,(H,43,46)(H,48,49)(H2,41,44,47)/b17-16-. The quantitative estimate of drug-likeness (QED) is 0.0701. The van der Waals surface area contributed by atoms with E-state index in [2.05, 4.69) is 20.5 Å². The number of thioether (sulfide) groups is 1. The minimum atomic E-state index is -4.49. The molecule has 4 aromatic carbocycles. The van der Waals surface area contributed by atoms with Crippen LogP contribution in [-0.4, -0.2) is 41.8 Å². The van der Waals surface area contributed by atoms with Crippen LogP contribution in [-0.2, 0) is 11.9 Å². The molecule has 1 fully saturated rings. The first-order valence-corrected chi connectivity index (χ1v) is 16.7. The van der Waals surface area contributed by atoms with Crippen LogP contribution in [0.4, 0.5) is 30.2 Å². The molecular formula is C37H34F3N5O4S. The first kappa shape index (κ1) is 35.7. The monoisotopic (exact) mass is 701 g/mol. The maximum Gasteiger partial charge on any atom is 0.416 e. The van der Waals surface area contributed by atoms with Crippen LogP contribution in [0.25, 0.3) is 0 Å². The highest BCUT2D eigenvalue weighted by Gasteiger charge is 2.30. The van der Waals surface area contributed by atoms with Crippen molar-refractivity contribution in [2.45, 2.75) is 36.1 Å². The molecule has 1 aliphatic heterocycles. The molecule has 0 bridgehead atoms. The smallest absolute Gasteiger partial charge is 0.416 e. The van der Waals surface area contributed by atoms with E-state index >= 15 is 0 Å². The molecule has 0 radical (unpaired) electrons. The number of amidine groups is 1. The fourth-order valence-corrected chi connectivity index (χ4v) is 6.09. The van der Waals surface area contributed by atoms with Gasteiger partial charge in [0.25, 0.3) is 11.8 Å². The van der Waals surface area contributed by atoms with Gasteiger partial charge < -0.3 is 26.4 Å². The van der Waals surface area contributed by atoms with Crippen molar-refractivity contribution in [3.8, 4) is 0 Å². The Morgan fingerprint density at radius 1 is 0.900 bits per heavy atom. The summed E-state index contributed by atoms with van der Waals surface area (Å²) in [5.74, 6) is -1.81. The Morgan fingerprint density at radius 2 is 1.64 bits per heavy atom. The number of rotatable bonds is 11. The molecule has 258 valence electrons. The maximum absolute atomic E-state index is 13.5.